The molecular formula is C28H27N2O5PS. The first-order valence-electron chi connectivity index (χ1n) is 11.9. The first-order chi connectivity index (χ1) is 17.9. The maximum atomic E-state index is 13.3. The molecule has 4 rings (SSSR count). The lowest BCUT2D eigenvalue weighted by atomic mass is 10.1. The maximum absolute atomic E-state index is 13.3. The Kier molecular flexibility index (Phi) is 8.79. The van der Waals surface area contributed by atoms with Crippen molar-refractivity contribution < 1.29 is 23.2 Å². The molecule has 0 fully saturated rings. The fourth-order valence-corrected chi connectivity index (χ4v) is 6.36. The van der Waals surface area contributed by atoms with Crippen LogP contribution in [0.3, 0.4) is 0 Å². The Balaban J connectivity index is 1.55. The average Bonchev–Trinajstić information content (AvgIpc) is 3.33. The normalized spacial score (nSPS) is 11.3. The van der Waals surface area contributed by atoms with Crippen LogP contribution in [0.4, 0.5) is 5.13 Å². The quantitative estimate of drug-likeness (QED) is 0.164. The van der Waals surface area contributed by atoms with E-state index < -0.39 is 7.60 Å². The number of amides is 1. The largest absolute Gasteiger partial charge is 0.335 e. The zero-order valence-electron chi connectivity index (χ0n) is 20.5. The number of benzene rings is 3. The summed E-state index contributed by atoms with van der Waals surface area (Å²) in [4.78, 5) is 31.3. The van der Waals surface area contributed by atoms with Crippen molar-refractivity contribution in [3.63, 3.8) is 0 Å². The Morgan fingerprint density at radius 3 is 2.03 bits per heavy atom. The SMILES string of the molecule is CCOP(=O)(Cc1ccc(C(=O)Nc2nc(-c3ccccc3)c(C(=O)c3ccccc3)s2)cc1)OCC. The number of rotatable bonds is 11. The van der Waals surface area contributed by atoms with Crippen molar-refractivity contribution in [3.8, 4) is 11.3 Å². The second-order valence-electron chi connectivity index (χ2n) is 8.01. The third-order valence-electron chi connectivity index (χ3n) is 5.38. The Hall–Kier alpha value is -3.42. The highest BCUT2D eigenvalue weighted by molar-refractivity contribution is 7.53. The number of carbonyl (C=O) groups excluding carboxylic acids is 2. The zero-order chi connectivity index (χ0) is 26.3. The summed E-state index contributed by atoms with van der Waals surface area (Å²) in [7, 11) is -3.24. The van der Waals surface area contributed by atoms with Crippen molar-refractivity contribution in [1.82, 2.24) is 4.98 Å². The Labute approximate surface area is 220 Å². The summed E-state index contributed by atoms with van der Waals surface area (Å²) in [6.45, 7) is 4.09. The minimum atomic E-state index is -3.24. The highest BCUT2D eigenvalue weighted by Crippen LogP contribution is 2.51. The van der Waals surface area contributed by atoms with Crippen molar-refractivity contribution in [2.24, 2.45) is 0 Å². The van der Waals surface area contributed by atoms with E-state index in [0.717, 1.165) is 22.5 Å². The number of anilines is 1. The zero-order valence-corrected chi connectivity index (χ0v) is 22.3. The van der Waals surface area contributed by atoms with E-state index in [2.05, 4.69) is 10.3 Å². The molecule has 0 aliphatic heterocycles. The molecular weight excluding hydrogens is 507 g/mol. The van der Waals surface area contributed by atoms with Gasteiger partial charge in [-0.3, -0.25) is 19.5 Å². The molecule has 0 radical (unpaired) electrons. The van der Waals surface area contributed by atoms with Gasteiger partial charge < -0.3 is 9.05 Å². The number of nitrogens with zero attached hydrogens (tertiary/aromatic N) is 1. The van der Waals surface area contributed by atoms with Gasteiger partial charge in [0.1, 0.15) is 4.88 Å². The third-order valence-corrected chi connectivity index (χ3v) is 8.41. The van der Waals surface area contributed by atoms with E-state index in [4.69, 9.17) is 9.05 Å². The van der Waals surface area contributed by atoms with Crippen LogP contribution in [0.25, 0.3) is 11.3 Å². The van der Waals surface area contributed by atoms with Gasteiger partial charge in [0.2, 0.25) is 5.78 Å². The molecule has 9 heteroatoms. The van der Waals surface area contributed by atoms with Crippen molar-refractivity contribution in [3.05, 3.63) is 106 Å². The monoisotopic (exact) mass is 534 g/mol. The summed E-state index contributed by atoms with van der Waals surface area (Å²) in [5.74, 6) is -0.522. The van der Waals surface area contributed by atoms with Crippen LogP contribution in [0.1, 0.15) is 45.0 Å². The van der Waals surface area contributed by atoms with E-state index in [1.807, 2.05) is 48.5 Å². The van der Waals surface area contributed by atoms with E-state index in [9.17, 15) is 14.2 Å². The standard InChI is InChI=1S/C28H27N2O5PS/c1-3-34-36(33,35-4-2)19-20-15-17-23(18-16-20)27(32)30-28-29-24(21-11-7-5-8-12-21)26(37-28)25(31)22-13-9-6-10-14-22/h5-18H,3-4,19H2,1-2H3,(H,29,30,32). The van der Waals surface area contributed by atoms with E-state index >= 15 is 0 Å². The van der Waals surface area contributed by atoms with Gasteiger partial charge in [0.15, 0.2) is 5.13 Å². The molecule has 37 heavy (non-hydrogen) atoms. The molecule has 190 valence electrons. The molecule has 1 heterocycles. The molecule has 0 atom stereocenters. The number of thiazole rings is 1. The molecule has 1 N–H and O–H groups in total. The molecule has 0 unspecified atom stereocenters. The molecule has 0 aliphatic rings. The van der Waals surface area contributed by atoms with Crippen LogP contribution in [0, 0.1) is 0 Å². The molecule has 3 aromatic carbocycles. The molecule has 1 amide bonds. The lowest BCUT2D eigenvalue weighted by Crippen LogP contribution is -2.11. The van der Waals surface area contributed by atoms with Crippen LogP contribution in [-0.2, 0) is 19.8 Å². The highest BCUT2D eigenvalue weighted by atomic mass is 32.1. The number of hydrogen-bond donors (Lipinski definition) is 1. The van der Waals surface area contributed by atoms with Crippen molar-refractivity contribution >= 4 is 35.8 Å². The second-order valence-corrected chi connectivity index (χ2v) is 11.1. The van der Waals surface area contributed by atoms with Crippen LogP contribution >= 0.6 is 18.9 Å². The Bertz CT molecular complexity index is 1400. The Morgan fingerprint density at radius 1 is 0.838 bits per heavy atom. The summed E-state index contributed by atoms with van der Waals surface area (Å²) < 4.78 is 23.5. The fourth-order valence-electron chi connectivity index (χ4n) is 3.72. The molecule has 0 bridgehead atoms. The van der Waals surface area contributed by atoms with Crippen LogP contribution in [-0.4, -0.2) is 29.9 Å². The van der Waals surface area contributed by atoms with Gasteiger partial charge >= 0.3 is 7.60 Å². The first kappa shape index (κ1) is 26.6. The summed E-state index contributed by atoms with van der Waals surface area (Å²) in [6.07, 6.45) is 0.119. The predicted molar refractivity (Wildman–Crippen MR) is 146 cm³/mol. The van der Waals surface area contributed by atoms with Crippen molar-refractivity contribution in [1.29, 1.82) is 0 Å². The van der Waals surface area contributed by atoms with Gasteiger partial charge in [0, 0.05) is 16.7 Å². The first-order valence-corrected chi connectivity index (χ1v) is 14.4. The molecule has 0 aliphatic carbocycles. The third kappa shape index (κ3) is 6.67. The maximum Gasteiger partial charge on any atom is 0.335 e. The van der Waals surface area contributed by atoms with Crippen molar-refractivity contribution in [2.75, 3.05) is 18.5 Å². The second kappa shape index (κ2) is 12.2. The smallest absolute Gasteiger partial charge is 0.309 e. The summed E-state index contributed by atoms with van der Waals surface area (Å²) in [6, 6.07) is 25.1. The lowest BCUT2D eigenvalue weighted by molar-refractivity contribution is 0.102. The molecule has 1 aromatic heterocycles. The highest BCUT2D eigenvalue weighted by Gasteiger charge is 2.25. The summed E-state index contributed by atoms with van der Waals surface area (Å²) in [5.41, 5.74) is 2.99. The van der Waals surface area contributed by atoms with Gasteiger partial charge in [-0.25, -0.2) is 4.98 Å². The molecule has 7 nitrogen and oxygen atoms in total. The minimum Gasteiger partial charge on any atom is -0.309 e. The van der Waals surface area contributed by atoms with Gasteiger partial charge in [0.05, 0.1) is 25.1 Å². The minimum absolute atomic E-state index is 0.119. The molecule has 0 saturated carbocycles. The predicted octanol–water partition coefficient (Wildman–Crippen LogP) is 7.06. The number of nitrogens with one attached hydrogen (secondary N) is 1. The van der Waals surface area contributed by atoms with Crippen LogP contribution < -0.4 is 5.32 Å². The van der Waals surface area contributed by atoms with Crippen LogP contribution in [0.5, 0.6) is 0 Å². The fraction of sp³-hybridized carbons (Fsp3) is 0.179. The van der Waals surface area contributed by atoms with E-state index in [-0.39, 0.29) is 31.1 Å². The average molecular weight is 535 g/mol. The number of aromatic nitrogens is 1. The van der Waals surface area contributed by atoms with E-state index in [1.54, 1.807) is 50.2 Å². The van der Waals surface area contributed by atoms with Gasteiger partial charge in [-0.2, -0.15) is 0 Å². The number of ketones is 1. The lowest BCUT2D eigenvalue weighted by Gasteiger charge is -2.17. The van der Waals surface area contributed by atoms with Gasteiger partial charge in [-0.1, -0.05) is 84.1 Å². The topological polar surface area (TPSA) is 94.6 Å². The van der Waals surface area contributed by atoms with E-state index in [1.165, 1.54) is 0 Å². The Morgan fingerprint density at radius 2 is 1.43 bits per heavy atom. The molecule has 0 saturated heterocycles. The summed E-state index contributed by atoms with van der Waals surface area (Å²) >= 11 is 1.14. The van der Waals surface area contributed by atoms with Gasteiger partial charge in [-0.15, -0.1) is 0 Å². The van der Waals surface area contributed by atoms with Gasteiger partial charge in [-0.05, 0) is 31.5 Å². The van der Waals surface area contributed by atoms with Crippen LogP contribution in [0.15, 0.2) is 84.9 Å². The van der Waals surface area contributed by atoms with Gasteiger partial charge in [0.25, 0.3) is 5.91 Å². The number of carbonyl (C=O) groups is 2. The molecule has 0 spiro atoms. The van der Waals surface area contributed by atoms with Crippen molar-refractivity contribution in [2.45, 2.75) is 20.0 Å². The summed E-state index contributed by atoms with van der Waals surface area (Å²) in [5, 5.41) is 3.14. The van der Waals surface area contributed by atoms with Crippen LogP contribution in [0.2, 0.25) is 0 Å². The van der Waals surface area contributed by atoms with E-state index in [0.29, 0.717) is 26.8 Å². The molecule has 4 aromatic rings. The number of hydrogen-bond acceptors (Lipinski definition) is 7.